The van der Waals surface area contributed by atoms with Gasteiger partial charge in [0.1, 0.15) is 23.5 Å². The molecule has 11 nitrogen and oxygen atoms in total. The molecule has 1 fully saturated rings. The van der Waals surface area contributed by atoms with Crippen LogP contribution in [-0.2, 0) is 29.0 Å². The van der Waals surface area contributed by atoms with Crippen LogP contribution in [0.15, 0.2) is 60.9 Å². The van der Waals surface area contributed by atoms with E-state index < -0.39 is 17.7 Å². The average molecular weight is 697 g/mol. The molecule has 4 aromatic rings. The number of Topliss-reactive ketones (excluding diaryl/α,β-unsaturated/α-hetero) is 1. The molecule has 1 saturated carbocycles. The Morgan fingerprint density at radius 2 is 1.63 bits per heavy atom. The van der Waals surface area contributed by atoms with Crippen molar-refractivity contribution in [2.24, 2.45) is 0 Å². The predicted molar refractivity (Wildman–Crippen MR) is 196 cm³/mol. The van der Waals surface area contributed by atoms with Gasteiger partial charge in [0.05, 0.1) is 37.2 Å². The predicted octanol–water partition coefficient (Wildman–Crippen LogP) is 7.57. The van der Waals surface area contributed by atoms with Crippen molar-refractivity contribution in [2.75, 3.05) is 33.2 Å². The number of amides is 1. The first-order valence-corrected chi connectivity index (χ1v) is 17.3. The lowest BCUT2D eigenvalue weighted by molar-refractivity contribution is 0.0583. The summed E-state index contributed by atoms with van der Waals surface area (Å²) in [5, 5.41) is 0.557. The van der Waals surface area contributed by atoms with E-state index in [-0.39, 0.29) is 30.3 Å². The van der Waals surface area contributed by atoms with Gasteiger partial charge in [0.2, 0.25) is 5.88 Å². The van der Waals surface area contributed by atoms with Gasteiger partial charge in [0, 0.05) is 37.6 Å². The van der Waals surface area contributed by atoms with Crippen molar-refractivity contribution in [3.8, 4) is 11.6 Å². The highest BCUT2D eigenvalue weighted by atomic mass is 16.6. The van der Waals surface area contributed by atoms with Crippen LogP contribution in [0.5, 0.6) is 11.6 Å². The molecule has 0 saturated heterocycles. The Morgan fingerprint density at radius 3 is 2.29 bits per heavy atom. The molecule has 2 aromatic heterocycles. The van der Waals surface area contributed by atoms with E-state index in [4.69, 9.17) is 23.9 Å². The fourth-order valence-corrected chi connectivity index (χ4v) is 6.30. The lowest BCUT2D eigenvalue weighted by Crippen LogP contribution is -2.34. The van der Waals surface area contributed by atoms with E-state index in [1.54, 1.807) is 53.3 Å². The van der Waals surface area contributed by atoms with Gasteiger partial charge in [-0.1, -0.05) is 37.5 Å². The number of esters is 1. The van der Waals surface area contributed by atoms with Crippen LogP contribution in [0.1, 0.15) is 90.3 Å². The van der Waals surface area contributed by atoms with Gasteiger partial charge in [-0.3, -0.25) is 19.6 Å². The third kappa shape index (κ3) is 9.40. The van der Waals surface area contributed by atoms with Crippen molar-refractivity contribution in [2.45, 2.75) is 84.1 Å². The number of hydrogen-bond donors (Lipinski definition) is 0. The molecule has 2 heterocycles. The van der Waals surface area contributed by atoms with Crippen LogP contribution >= 0.6 is 0 Å². The highest BCUT2D eigenvalue weighted by Gasteiger charge is 2.26. The van der Waals surface area contributed by atoms with Crippen molar-refractivity contribution >= 4 is 34.4 Å². The standard InChI is InChI=1S/C40H48N4O7/c1-40(2,3)51-39(47)44(5)34-23-41-22-29-20-33(37(42-36(29)34)50-25-26-13-17-32(48-6)18-14-26)35(45)21-27-15-16-28(38(46)49-7)19-30(27)24-43(4)31-11-9-8-10-12-31/h13-20,22-23,31H,8-12,21,24-25H2,1-7H3. The van der Waals surface area contributed by atoms with E-state index >= 15 is 0 Å². The molecule has 1 aliphatic rings. The summed E-state index contributed by atoms with van der Waals surface area (Å²) in [5.41, 5.74) is 3.37. The molecular formula is C40H48N4O7. The Kier molecular flexibility index (Phi) is 11.9. The number of aromatic nitrogens is 2. The van der Waals surface area contributed by atoms with Crippen molar-refractivity contribution in [3.63, 3.8) is 0 Å². The molecule has 270 valence electrons. The number of hydrogen-bond acceptors (Lipinski definition) is 10. The zero-order valence-corrected chi connectivity index (χ0v) is 30.7. The van der Waals surface area contributed by atoms with Gasteiger partial charge in [-0.2, -0.15) is 0 Å². The molecule has 5 rings (SSSR count). The number of rotatable bonds is 12. The Labute approximate surface area is 299 Å². The molecule has 11 heteroatoms. The summed E-state index contributed by atoms with van der Waals surface area (Å²) in [7, 11) is 6.65. The second-order valence-electron chi connectivity index (χ2n) is 14.0. The van der Waals surface area contributed by atoms with Crippen LogP contribution in [0.2, 0.25) is 0 Å². The third-order valence-electron chi connectivity index (χ3n) is 9.13. The monoisotopic (exact) mass is 696 g/mol. The molecule has 2 aromatic carbocycles. The molecular weight excluding hydrogens is 648 g/mol. The molecule has 0 atom stereocenters. The third-order valence-corrected chi connectivity index (χ3v) is 9.13. The Bertz CT molecular complexity index is 1860. The zero-order chi connectivity index (χ0) is 36.7. The second-order valence-corrected chi connectivity index (χ2v) is 14.0. The fraction of sp³-hybridized carbons (Fsp3) is 0.425. The Morgan fingerprint density at radius 1 is 0.902 bits per heavy atom. The summed E-state index contributed by atoms with van der Waals surface area (Å²) in [6.07, 6.45) is 8.50. The molecule has 1 amide bonds. The minimum absolute atomic E-state index is 0.0479. The number of ketones is 1. The van der Waals surface area contributed by atoms with Gasteiger partial charge >= 0.3 is 12.1 Å². The summed E-state index contributed by atoms with van der Waals surface area (Å²) >= 11 is 0. The largest absolute Gasteiger partial charge is 0.497 e. The second kappa shape index (κ2) is 16.3. The van der Waals surface area contributed by atoms with E-state index in [1.807, 2.05) is 36.4 Å². The number of anilines is 1. The summed E-state index contributed by atoms with van der Waals surface area (Å²) in [6.45, 7) is 6.10. The summed E-state index contributed by atoms with van der Waals surface area (Å²) < 4.78 is 22.2. The number of nitrogens with zero attached hydrogens (tertiary/aromatic N) is 4. The number of benzene rings is 2. The first kappa shape index (κ1) is 37.2. The smallest absolute Gasteiger partial charge is 0.414 e. The first-order chi connectivity index (χ1) is 24.4. The van der Waals surface area contributed by atoms with Crippen LogP contribution in [0.3, 0.4) is 0 Å². The number of carbonyl (C=O) groups excluding carboxylic acids is 3. The highest BCUT2D eigenvalue weighted by molar-refractivity contribution is 6.05. The molecule has 0 unspecified atom stereocenters. The maximum absolute atomic E-state index is 14.3. The van der Waals surface area contributed by atoms with E-state index in [0.717, 1.165) is 29.5 Å². The minimum Gasteiger partial charge on any atom is -0.497 e. The number of pyridine rings is 2. The van der Waals surface area contributed by atoms with Crippen molar-refractivity contribution in [1.82, 2.24) is 14.9 Å². The molecule has 0 radical (unpaired) electrons. The molecule has 0 bridgehead atoms. The average Bonchev–Trinajstić information content (AvgIpc) is 3.13. The lowest BCUT2D eigenvalue weighted by Gasteiger charge is -2.31. The van der Waals surface area contributed by atoms with E-state index in [9.17, 15) is 14.4 Å². The maximum atomic E-state index is 14.3. The van der Waals surface area contributed by atoms with Crippen molar-refractivity contribution in [3.05, 3.63) is 88.7 Å². The summed E-state index contributed by atoms with van der Waals surface area (Å²) in [4.78, 5) is 52.7. The molecule has 51 heavy (non-hydrogen) atoms. The number of fused-ring (bicyclic) bond motifs is 1. The normalized spacial score (nSPS) is 13.6. The number of methoxy groups -OCH3 is 2. The van der Waals surface area contributed by atoms with Gasteiger partial charge in [0.15, 0.2) is 5.78 Å². The van der Waals surface area contributed by atoms with Crippen LogP contribution < -0.4 is 14.4 Å². The topological polar surface area (TPSA) is 120 Å². The first-order valence-electron chi connectivity index (χ1n) is 17.3. The molecule has 0 aliphatic heterocycles. The Hall–Kier alpha value is -5.03. The number of carbonyl (C=O) groups is 3. The van der Waals surface area contributed by atoms with E-state index in [0.29, 0.717) is 40.5 Å². The lowest BCUT2D eigenvalue weighted by atomic mass is 9.93. The number of ether oxygens (including phenoxy) is 4. The van der Waals surface area contributed by atoms with Crippen LogP contribution in [0.25, 0.3) is 10.9 Å². The molecule has 1 aliphatic carbocycles. The Balaban J connectivity index is 1.52. The van der Waals surface area contributed by atoms with Crippen molar-refractivity contribution in [1.29, 1.82) is 0 Å². The maximum Gasteiger partial charge on any atom is 0.414 e. The zero-order valence-electron chi connectivity index (χ0n) is 30.7. The van der Waals surface area contributed by atoms with Crippen molar-refractivity contribution < 1.29 is 33.3 Å². The quantitative estimate of drug-likeness (QED) is 0.108. The summed E-state index contributed by atoms with van der Waals surface area (Å²) in [6, 6.07) is 14.9. The molecule has 0 spiro atoms. The SMILES string of the molecule is COC(=O)c1ccc(CC(=O)c2cc3cncc(N(C)C(=O)OC(C)(C)C)c3nc2OCc2ccc(OC)cc2)c(CN(C)C2CCCCC2)c1. The highest BCUT2D eigenvalue weighted by Crippen LogP contribution is 2.32. The van der Waals surface area contributed by atoms with Gasteiger partial charge in [0.25, 0.3) is 0 Å². The fourth-order valence-electron chi connectivity index (χ4n) is 6.30. The van der Waals surface area contributed by atoms with E-state index in [2.05, 4.69) is 16.9 Å². The van der Waals surface area contributed by atoms with E-state index in [1.165, 1.54) is 37.5 Å². The van der Waals surface area contributed by atoms with Gasteiger partial charge < -0.3 is 18.9 Å². The van der Waals surface area contributed by atoms with Crippen LogP contribution in [0.4, 0.5) is 10.5 Å². The van der Waals surface area contributed by atoms with Crippen LogP contribution in [0, 0.1) is 0 Å². The molecule has 0 N–H and O–H groups in total. The van der Waals surface area contributed by atoms with Gasteiger partial charge in [-0.15, -0.1) is 0 Å². The van der Waals surface area contributed by atoms with Gasteiger partial charge in [-0.05, 0) is 87.7 Å². The van der Waals surface area contributed by atoms with Gasteiger partial charge in [-0.25, -0.2) is 14.6 Å². The summed E-state index contributed by atoms with van der Waals surface area (Å²) in [5.74, 6) is 0.193. The van der Waals surface area contributed by atoms with Crippen LogP contribution in [-0.4, -0.2) is 72.7 Å². The minimum atomic E-state index is -0.706.